The first-order valence-electron chi connectivity index (χ1n) is 8.00. The van der Waals surface area contributed by atoms with Crippen molar-refractivity contribution in [1.82, 2.24) is 10.2 Å². The number of amides is 1. The Morgan fingerprint density at radius 3 is 2.71 bits per heavy atom. The highest BCUT2D eigenvalue weighted by atomic mass is 32.2. The van der Waals surface area contributed by atoms with Crippen molar-refractivity contribution in [3.05, 3.63) is 0 Å². The summed E-state index contributed by atoms with van der Waals surface area (Å²) in [7, 11) is 0. The molecule has 2 fully saturated rings. The van der Waals surface area contributed by atoms with Gasteiger partial charge in [0.1, 0.15) is 6.04 Å². The monoisotopic (exact) mass is 314 g/mol. The first kappa shape index (κ1) is 16.6. The van der Waals surface area contributed by atoms with Gasteiger partial charge in [-0.25, -0.2) is 4.79 Å². The number of piperidine rings is 2. The van der Waals surface area contributed by atoms with Gasteiger partial charge in [0.05, 0.1) is 12.4 Å². The lowest BCUT2D eigenvalue weighted by atomic mass is 10.0. The number of carbonyl (C=O) groups excluding carboxylic acids is 2. The van der Waals surface area contributed by atoms with E-state index in [1.807, 2.05) is 0 Å². The lowest BCUT2D eigenvalue weighted by Gasteiger charge is -2.34. The summed E-state index contributed by atoms with van der Waals surface area (Å²) in [6.45, 7) is 4.96. The van der Waals surface area contributed by atoms with Gasteiger partial charge in [-0.05, 0) is 52.1 Å². The van der Waals surface area contributed by atoms with Crippen LogP contribution in [0.25, 0.3) is 0 Å². The third kappa shape index (κ3) is 4.88. The number of carbonyl (C=O) groups is 2. The van der Waals surface area contributed by atoms with Crippen LogP contribution in [0.3, 0.4) is 0 Å². The van der Waals surface area contributed by atoms with Gasteiger partial charge < -0.3 is 15.0 Å². The number of hydrogen-bond donors (Lipinski definition) is 1. The van der Waals surface area contributed by atoms with Gasteiger partial charge in [0.2, 0.25) is 5.91 Å². The summed E-state index contributed by atoms with van der Waals surface area (Å²) in [5.41, 5.74) is 0. The van der Waals surface area contributed by atoms with E-state index in [2.05, 4.69) is 5.32 Å². The van der Waals surface area contributed by atoms with Crippen molar-refractivity contribution in [3.8, 4) is 0 Å². The Hall–Kier alpha value is -0.750. The zero-order valence-electron chi connectivity index (χ0n) is 12.8. The highest BCUT2D eigenvalue weighted by Crippen LogP contribution is 2.23. The SMILES string of the molecule is CCOC(=O)C1CCCCN1C(=O)CSC1CCNCC1. The molecule has 0 bridgehead atoms. The lowest BCUT2D eigenvalue weighted by molar-refractivity contribution is -0.155. The molecule has 0 aliphatic carbocycles. The van der Waals surface area contributed by atoms with Crippen LogP contribution in [0, 0.1) is 0 Å². The van der Waals surface area contributed by atoms with Crippen LogP contribution in [0.4, 0.5) is 0 Å². The number of likely N-dealkylation sites (tertiary alicyclic amines) is 1. The van der Waals surface area contributed by atoms with Crippen molar-refractivity contribution in [1.29, 1.82) is 0 Å². The van der Waals surface area contributed by atoms with E-state index < -0.39 is 0 Å². The normalized spacial score (nSPS) is 23.9. The van der Waals surface area contributed by atoms with E-state index >= 15 is 0 Å². The minimum atomic E-state index is -0.361. The number of nitrogens with one attached hydrogen (secondary N) is 1. The van der Waals surface area contributed by atoms with Gasteiger partial charge in [0.15, 0.2) is 0 Å². The summed E-state index contributed by atoms with van der Waals surface area (Å²) in [5.74, 6) is 0.342. The second-order valence-electron chi connectivity index (χ2n) is 5.61. The van der Waals surface area contributed by atoms with Gasteiger partial charge in [0, 0.05) is 11.8 Å². The fourth-order valence-corrected chi connectivity index (χ4v) is 4.06. The van der Waals surface area contributed by atoms with Crippen LogP contribution in [0.5, 0.6) is 0 Å². The summed E-state index contributed by atoms with van der Waals surface area (Å²) < 4.78 is 5.11. The summed E-state index contributed by atoms with van der Waals surface area (Å²) in [6.07, 6.45) is 4.97. The van der Waals surface area contributed by atoms with Crippen LogP contribution in [0.15, 0.2) is 0 Å². The molecule has 1 atom stereocenters. The van der Waals surface area contributed by atoms with Crippen LogP contribution < -0.4 is 5.32 Å². The third-order valence-electron chi connectivity index (χ3n) is 4.11. The molecule has 2 heterocycles. The smallest absolute Gasteiger partial charge is 0.328 e. The van der Waals surface area contributed by atoms with E-state index in [9.17, 15) is 9.59 Å². The van der Waals surface area contributed by atoms with Crippen molar-refractivity contribution in [2.24, 2.45) is 0 Å². The second-order valence-corrected chi connectivity index (χ2v) is 6.90. The van der Waals surface area contributed by atoms with E-state index in [-0.39, 0.29) is 17.9 Å². The van der Waals surface area contributed by atoms with E-state index in [1.54, 1.807) is 23.6 Å². The van der Waals surface area contributed by atoms with Crippen LogP contribution >= 0.6 is 11.8 Å². The van der Waals surface area contributed by atoms with Gasteiger partial charge in [0.25, 0.3) is 0 Å². The Balaban J connectivity index is 1.84. The molecule has 0 aromatic carbocycles. The molecule has 2 aliphatic rings. The first-order chi connectivity index (χ1) is 10.2. The summed E-state index contributed by atoms with van der Waals surface area (Å²) in [5, 5.41) is 3.90. The summed E-state index contributed by atoms with van der Waals surface area (Å²) in [4.78, 5) is 26.2. The minimum Gasteiger partial charge on any atom is -0.464 e. The molecule has 120 valence electrons. The molecule has 1 amide bonds. The largest absolute Gasteiger partial charge is 0.464 e. The van der Waals surface area contributed by atoms with Crippen LogP contribution in [0.1, 0.15) is 39.0 Å². The molecule has 0 aromatic heterocycles. The molecule has 6 heteroatoms. The summed E-state index contributed by atoms with van der Waals surface area (Å²) >= 11 is 1.74. The average Bonchev–Trinajstić information content (AvgIpc) is 2.54. The molecular weight excluding hydrogens is 288 g/mol. The van der Waals surface area contributed by atoms with E-state index in [1.165, 1.54) is 0 Å². The number of esters is 1. The van der Waals surface area contributed by atoms with Crippen molar-refractivity contribution in [3.63, 3.8) is 0 Å². The van der Waals surface area contributed by atoms with E-state index in [0.29, 0.717) is 24.2 Å². The molecule has 1 unspecified atom stereocenters. The Labute approximate surface area is 131 Å². The second kappa shape index (κ2) is 8.63. The Morgan fingerprint density at radius 2 is 2.00 bits per heavy atom. The minimum absolute atomic E-state index is 0.0938. The highest BCUT2D eigenvalue weighted by Gasteiger charge is 2.33. The molecule has 21 heavy (non-hydrogen) atoms. The van der Waals surface area contributed by atoms with Gasteiger partial charge in [-0.1, -0.05) is 0 Å². The molecule has 2 rings (SSSR count). The maximum atomic E-state index is 12.4. The first-order valence-corrected chi connectivity index (χ1v) is 9.05. The maximum Gasteiger partial charge on any atom is 0.328 e. The molecular formula is C15H26N2O3S. The number of hydrogen-bond acceptors (Lipinski definition) is 5. The van der Waals surface area contributed by atoms with Gasteiger partial charge in [-0.3, -0.25) is 4.79 Å². The standard InChI is InChI=1S/C15H26N2O3S/c1-2-20-15(19)13-5-3-4-10-17(13)14(18)11-21-12-6-8-16-9-7-12/h12-13,16H,2-11H2,1H3. The number of ether oxygens (including phenoxy) is 1. The summed E-state index contributed by atoms with van der Waals surface area (Å²) in [6, 6.07) is -0.361. The third-order valence-corrected chi connectivity index (χ3v) is 5.47. The maximum absolute atomic E-state index is 12.4. The predicted octanol–water partition coefficient (Wildman–Crippen LogP) is 1.42. The topological polar surface area (TPSA) is 58.6 Å². The number of rotatable bonds is 5. The lowest BCUT2D eigenvalue weighted by Crippen LogP contribution is -2.49. The molecule has 1 N–H and O–H groups in total. The molecule has 0 radical (unpaired) electrons. The van der Waals surface area contributed by atoms with Gasteiger partial charge in [-0.15, -0.1) is 11.8 Å². The Bertz CT molecular complexity index is 359. The fraction of sp³-hybridized carbons (Fsp3) is 0.867. The quantitative estimate of drug-likeness (QED) is 0.778. The zero-order valence-corrected chi connectivity index (χ0v) is 13.6. The van der Waals surface area contributed by atoms with Crippen LogP contribution in [0.2, 0.25) is 0 Å². The van der Waals surface area contributed by atoms with E-state index in [0.717, 1.165) is 45.2 Å². The highest BCUT2D eigenvalue weighted by molar-refractivity contribution is 8.00. The van der Waals surface area contributed by atoms with Crippen molar-refractivity contribution in [2.75, 3.05) is 32.0 Å². The molecule has 0 saturated carbocycles. The van der Waals surface area contributed by atoms with Gasteiger partial charge in [-0.2, -0.15) is 0 Å². The van der Waals surface area contributed by atoms with Crippen molar-refractivity contribution in [2.45, 2.75) is 50.3 Å². The van der Waals surface area contributed by atoms with Crippen molar-refractivity contribution < 1.29 is 14.3 Å². The fourth-order valence-electron chi connectivity index (χ4n) is 2.95. The molecule has 2 saturated heterocycles. The van der Waals surface area contributed by atoms with Crippen molar-refractivity contribution >= 4 is 23.6 Å². The average molecular weight is 314 g/mol. The van der Waals surface area contributed by atoms with Crippen LogP contribution in [-0.2, 0) is 14.3 Å². The molecule has 0 aromatic rings. The predicted molar refractivity (Wildman–Crippen MR) is 84.3 cm³/mol. The molecule has 5 nitrogen and oxygen atoms in total. The Kier molecular flexibility index (Phi) is 6.83. The van der Waals surface area contributed by atoms with Gasteiger partial charge >= 0.3 is 5.97 Å². The zero-order chi connectivity index (χ0) is 15.1. The number of thioether (sulfide) groups is 1. The Morgan fingerprint density at radius 1 is 1.24 bits per heavy atom. The van der Waals surface area contributed by atoms with Crippen LogP contribution in [-0.4, -0.2) is 60.1 Å². The number of nitrogens with zero attached hydrogens (tertiary/aromatic N) is 1. The molecule has 2 aliphatic heterocycles. The van der Waals surface area contributed by atoms with E-state index in [4.69, 9.17) is 4.74 Å². The molecule has 0 spiro atoms.